The Morgan fingerprint density at radius 2 is 1.89 bits per heavy atom. The van der Waals surface area contributed by atoms with E-state index >= 15 is 0 Å². The second-order valence-electron chi connectivity index (χ2n) is 6.21. The number of halogens is 1. The van der Waals surface area contributed by atoms with Gasteiger partial charge in [0.1, 0.15) is 0 Å². The predicted molar refractivity (Wildman–Crippen MR) is 112 cm³/mol. The number of hydrazone groups is 1. The van der Waals surface area contributed by atoms with E-state index in [2.05, 4.69) is 31.8 Å². The summed E-state index contributed by atoms with van der Waals surface area (Å²) >= 11 is 3.28. The van der Waals surface area contributed by atoms with Gasteiger partial charge in [0.25, 0.3) is 0 Å². The highest BCUT2D eigenvalue weighted by Crippen LogP contribution is 2.34. The molecule has 0 aliphatic carbocycles. The molecule has 2 rings (SSSR count). The molecular formula is C20H22BrN3O4. The highest BCUT2D eigenvalue weighted by atomic mass is 79.9. The van der Waals surface area contributed by atoms with Crippen LogP contribution in [-0.2, 0) is 9.59 Å². The lowest BCUT2D eigenvalue weighted by atomic mass is 10.1. The highest BCUT2D eigenvalue weighted by Gasteiger charge is 2.09. The summed E-state index contributed by atoms with van der Waals surface area (Å²) in [5.41, 5.74) is 5.75. The molecule has 0 heterocycles. The van der Waals surface area contributed by atoms with E-state index in [4.69, 9.17) is 4.74 Å². The predicted octanol–water partition coefficient (Wildman–Crippen LogP) is 3.65. The van der Waals surface area contributed by atoms with Crippen molar-refractivity contribution in [2.24, 2.45) is 5.10 Å². The number of carbonyl (C=O) groups excluding carboxylic acids is 2. The van der Waals surface area contributed by atoms with Gasteiger partial charge in [-0.2, -0.15) is 5.10 Å². The topological polar surface area (TPSA) is 100 Å². The molecule has 0 aliphatic rings. The van der Waals surface area contributed by atoms with Crippen LogP contribution < -0.4 is 15.5 Å². The minimum absolute atomic E-state index is 0.00559. The summed E-state index contributed by atoms with van der Waals surface area (Å²) in [4.78, 5) is 23.9. The third-order valence-corrected chi connectivity index (χ3v) is 4.48. The van der Waals surface area contributed by atoms with Crippen molar-refractivity contribution >= 4 is 39.6 Å². The van der Waals surface area contributed by atoms with Crippen molar-refractivity contribution < 1.29 is 19.4 Å². The van der Waals surface area contributed by atoms with E-state index in [-0.39, 0.29) is 30.4 Å². The van der Waals surface area contributed by atoms with Crippen LogP contribution in [0.4, 0.5) is 5.69 Å². The van der Waals surface area contributed by atoms with Crippen LogP contribution in [0, 0.1) is 13.8 Å². The van der Waals surface area contributed by atoms with Gasteiger partial charge in [0.15, 0.2) is 11.5 Å². The highest BCUT2D eigenvalue weighted by molar-refractivity contribution is 9.10. The number of methoxy groups -OCH3 is 1. The molecule has 148 valence electrons. The van der Waals surface area contributed by atoms with Crippen molar-refractivity contribution in [2.45, 2.75) is 26.7 Å². The fraction of sp³-hybridized carbons (Fsp3) is 0.250. The quantitative estimate of drug-likeness (QED) is 0.445. The van der Waals surface area contributed by atoms with E-state index in [0.717, 1.165) is 16.8 Å². The lowest BCUT2D eigenvalue weighted by molar-refractivity contribution is -0.124. The van der Waals surface area contributed by atoms with Gasteiger partial charge in [0.2, 0.25) is 11.8 Å². The first-order chi connectivity index (χ1) is 13.3. The average Bonchev–Trinajstić information content (AvgIpc) is 2.62. The van der Waals surface area contributed by atoms with Crippen molar-refractivity contribution in [3.63, 3.8) is 0 Å². The smallest absolute Gasteiger partial charge is 0.240 e. The van der Waals surface area contributed by atoms with Crippen molar-refractivity contribution in [3.05, 3.63) is 51.5 Å². The molecular weight excluding hydrogens is 426 g/mol. The fourth-order valence-corrected chi connectivity index (χ4v) is 3.13. The Labute approximate surface area is 171 Å². The number of phenols is 1. The summed E-state index contributed by atoms with van der Waals surface area (Å²) in [7, 11) is 1.45. The number of rotatable bonds is 7. The lowest BCUT2D eigenvalue weighted by Gasteiger charge is -2.09. The molecule has 0 saturated heterocycles. The molecule has 2 amide bonds. The van der Waals surface area contributed by atoms with E-state index < -0.39 is 0 Å². The van der Waals surface area contributed by atoms with Crippen molar-refractivity contribution in [2.75, 3.05) is 12.4 Å². The molecule has 28 heavy (non-hydrogen) atoms. The van der Waals surface area contributed by atoms with E-state index in [1.54, 1.807) is 6.07 Å². The van der Waals surface area contributed by atoms with Crippen LogP contribution in [0.1, 0.15) is 29.5 Å². The largest absolute Gasteiger partial charge is 0.504 e. The maximum Gasteiger partial charge on any atom is 0.240 e. The molecule has 0 unspecified atom stereocenters. The number of aromatic hydroxyl groups is 1. The van der Waals surface area contributed by atoms with Gasteiger partial charge in [0, 0.05) is 18.5 Å². The van der Waals surface area contributed by atoms with Gasteiger partial charge in [-0.05, 0) is 59.1 Å². The average molecular weight is 448 g/mol. The van der Waals surface area contributed by atoms with Gasteiger partial charge < -0.3 is 15.2 Å². The molecule has 0 atom stereocenters. The van der Waals surface area contributed by atoms with E-state index in [0.29, 0.717) is 15.8 Å². The van der Waals surface area contributed by atoms with Crippen LogP contribution in [-0.4, -0.2) is 30.2 Å². The number of aryl methyl sites for hydroxylation is 2. The number of nitrogens with zero attached hydrogens (tertiary/aromatic N) is 1. The Kier molecular flexibility index (Phi) is 7.57. The van der Waals surface area contributed by atoms with Crippen molar-refractivity contribution in [3.8, 4) is 11.5 Å². The summed E-state index contributed by atoms with van der Waals surface area (Å²) < 4.78 is 5.60. The summed E-state index contributed by atoms with van der Waals surface area (Å²) in [6.07, 6.45) is 1.44. The Morgan fingerprint density at radius 1 is 1.18 bits per heavy atom. The van der Waals surface area contributed by atoms with Gasteiger partial charge >= 0.3 is 0 Å². The van der Waals surface area contributed by atoms with E-state index in [1.807, 2.05) is 32.0 Å². The lowest BCUT2D eigenvalue weighted by Crippen LogP contribution is -2.20. The first-order valence-electron chi connectivity index (χ1n) is 8.55. The number of phenolic OH excluding ortho intramolecular Hbond substituents is 1. The molecule has 0 bridgehead atoms. The zero-order valence-electron chi connectivity index (χ0n) is 15.9. The normalized spacial score (nSPS) is 10.7. The van der Waals surface area contributed by atoms with Crippen LogP contribution in [0.5, 0.6) is 11.5 Å². The van der Waals surface area contributed by atoms with Crippen LogP contribution >= 0.6 is 15.9 Å². The summed E-state index contributed by atoms with van der Waals surface area (Å²) in [5.74, 6) is -0.359. The molecule has 2 aromatic carbocycles. The van der Waals surface area contributed by atoms with Gasteiger partial charge in [-0.15, -0.1) is 0 Å². The summed E-state index contributed by atoms with van der Waals surface area (Å²) in [6.45, 7) is 3.90. The zero-order valence-corrected chi connectivity index (χ0v) is 17.5. The number of nitrogens with one attached hydrogen (secondary N) is 2. The molecule has 0 saturated carbocycles. The maximum atomic E-state index is 12.0. The monoisotopic (exact) mass is 447 g/mol. The third-order valence-electron chi connectivity index (χ3n) is 3.89. The molecule has 3 N–H and O–H groups in total. The Morgan fingerprint density at radius 3 is 2.54 bits per heavy atom. The third kappa shape index (κ3) is 6.09. The van der Waals surface area contributed by atoms with Crippen LogP contribution in [0.3, 0.4) is 0 Å². The number of anilines is 1. The molecule has 0 fully saturated rings. The van der Waals surface area contributed by atoms with Crippen LogP contribution in [0.25, 0.3) is 0 Å². The fourth-order valence-electron chi connectivity index (χ4n) is 2.50. The van der Waals surface area contributed by atoms with Crippen molar-refractivity contribution in [1.29, 1.82) is 0 Å². The second-order valence-corrected chi connectivity index (χ2v) is 7.07. The number of benzene rings is 2. The molecule has 0 aromatic heterocycles. The van der Waals surface area contributed by atoms with E-state index in [1.165, 1.54) is 19.4 Å². The Balaban J connectivity index is 1.82. The second kappa shape index (κ2) is 9.89. The zero-order chi connectivity index (χ0) is 20.7. The first kappa shape index (κ1) is 21.4. The number of ether oxygens (including phenoxy) is 1. The van der Waals surface area contributed by atoms with Crippen molar-refractivity contribution in [1.82, 2.24) is 5.43 Å². The molecule has 2 aromatic rings. The number of hydrogen-bond donors (Lipinski definition) is 3. The maximum absolute atomic E-state index is 12.0. The van der Waals surface area contributed by atoms with Gasteiger partial charge in [-0.1, -0.05) is 17.7 Å². The van der Waals surface area contributed by atoms with Gasteiger partial charge in [-0.3, -0.25) is 9.59 Å². The SMILES string of the molecule is COc1c(O)cc(C=NNC(=O)CCC(=O)Nc2ccc(C)cc2C)cc1Br. The molecule has 0 radical (unpaired) electrons. The minimum atomic E-state index is -0.385. The van der Waals surface area contributed by atoms with Gasteiger partial charge in [-0.25, -0.2) is 5.43 Å². The van der Waals surface area contributed by atoms with Crippen LogP contribution in [0.15, 0.2) is 39.9 Å². The summed E-state index contributed by atoms with van der Waals surface area (Å²) in [6, 6.07) is 8.88. The standard InChI is InChI=1S/C20H22BrN3O4/c1-12-4-5-16(13(2)8-12)23-18(26)6-7-19(27)24-22-11-14-9-15(21)20(28-3)17(25)10-14/h4-5,8-11,25H,6-7H2,1-3H3,(H,23,26)(H,24,27). The number of amides is 2. The molecule has 0 spiro atoms. The Bertz CT molecular complexity index is 889. The van der Waals surface area contributed by atoms with Crippen LogP contribution in [0.2, 0.25) is 0 Å². The van der Waals surface area contributed by atoms with E-state index in [9.17, 15) is 14.7 Å². The minimum Gasteiger partial charge on any atom is -0.504 e. The first-order valence-corrected chi connectivity index (χ1v) is 9.35. The Hall–Kier alpha value is -2.87. The number of carbonyl (C=O) groups is 2. The summed E-state index contributed by atoms with van der Waals surface area (Å²) in [5, 5.41) is 16.5. The number of hydrogen-bond acceptors (Lipinski definition) is 5. The molecule has 8 heteroatoms. The molecule has 7 nitrogen and oxygen atoms in total. The van der Waals surface area contributed by atoms with Gasteiger partial charge in [0.05, 0.1) is 17.8 Å². The molecule has 0 aliphatic heterocycles.